The molecule has 1 rings (SSSR count). The predicted octanol–water partition coefficient (Wildman–Crippen LogP) is 2.55. The van der Waals surface area contributed by atoms with Gasteiger partial charge in [-0.05, 0) is 25.3 Å². The molecule has 0 saturated carbocycles. The molecule has 1 amide bonds. The van der Waals surface area contributed by atoms with Crippen molar-refractivity contribution in [2.75, 3.05) is 0 Å². The third-order valence-electron chi connectivity index (χ3n) is 3.46. The lowest BCUT2D eigenvalue weighted by molar-refractivity contribution is -0.124. The van der Waals surface area contributed by atoms with E-state index >= 15 is 0 Å². The van der Waals surface area contributed by atoms with Crippen LogP contribution in [0.2, 0.25) is 0 Å². The van der Waals surface area contributed by atoms with Crippen LogP contribution in [0.25, 0.3) is 0 Å². The van der Waals surface area contributed by atoms with Gasteiger partial charge in [0.25, 0.3) is 0 Å². The number of rotatable bonds is 5. The SMILES string of the molecule is CC[C@H](C)[C@H](N)C(=O)N[C@H](C)c1cccc(C)c1. The van der Waals surface area contributed by atoms with Crippen molar-refractivity contribution in [2.24, 2.45) is 11.7 Å². The van der Waals surface area contributed by atoms with Gasteiger partial charge in [-0.1, -0.05) is 50.1 Å². The van der Waals surface area contributed by atoms with E-state index in [1.165, 1.54) is 5.56 Å². The number of nitrogens with one attached hydrogen (secondary N) is 1. The summed E-state index contributed by atoms with van der Waals surface area (Å²) in [6.45, 7) is 8.07. The maximum Gasteiger partial charge on any atom is 0.237 e. The summed E-state index contributed by atoms with van der Waals surface area (Å²) >= 11 is 0. The van der Waals surface area contributed by atoms with Gasteiger partial charge in [0.15, 0.2) is 0 Å². The zero-order chi connectivity index (χ0) is 13.7. The van der Waals surface area contributed by atoms with Gasteiger partial charge in [0.1, 0.15) is 0 Å². The van der Waals surface area contributed by atoms with E-state index in [0.717, 1.165) is 12.0 Å². The van der Waals surface area contributed by atoms with Crippen molar-refractivity contribution in [1.29, 1.82) is 0 Å². The van der Waals surface area contributed by atoms with Crippen LogP contribution in [0.15, 0.2) is 24.3 Å². The first-order chi connectivity index (χ1) is 8.45. The number of aryl methyl sites for hydroxylation is 1. The van der Waals surface area contributed by atoms with Crippen LogP contribution >= 0.6 is 0 Å². The fourth-order valence-corrected chi connectivity index (χ4v) is 1.84. The van der Waals surface area contributed by atoms with Gasteiger partial charge in [-0.2, -0.15) is 0 Å². The van der Waals surface area contributed by atoms with Crippen LogP contribution in [-0.2, 0) is 4.79 Å². The van der Waals surface area contributed by atoms with Crippen molar-refractivity contribution in [1.82, 2.24) is 5.32 Å². The lowest BCUT2D eigenvalue weighted by Gasteiger charge is -2.21. The van der Waals surface area contributed by atoms with Gasteiger partial charge < -0.3 is 11.1 Å². The molecule has 100 valence electrons. The monoisotopic (exact) mass is 248 g/mol. The normalized spacial score (nSPS) is 15.8. The minimum atomic E-state index is -0.428. The number of hydrogen-bond donors (Lipinski definition) is 2. The summed E-state index contributed by atoms with van der Waals surface area (Å²) in [6, 6.07) is 7.71. The zero-order valence-electron chi connectivity index (χ0n) is 11.7. The smallest absolute Gasteiger partial charge is 0.237 e. The van der Waals surface area contributed by atoms with Crippen LogP contribution in [-0.4, -0.2) is 11.9 Å². The molecule has 0 unspecified atom stereocenters. The molecule has 3 heteroatoms. The molecule has 0 aliphatic rings. The van der Waals surface area contributed by atoms with E-state index in [9.17, 15) is 4.79 Å². The molecule has 0 heterocycles. The van der Waals surface area contributed by atoms with Crippen LogP contribution in [0.3, 0.4) is 0 Å². The number of carbonyl (C=O) groups excluding carboxylic acids is 1. The first-order valence-electron chi connectivity index (χ1n) is 6.58. The molecule has 0 radical (unpaired) electrons. The summed E-state index contributed by atoms with van der Waals surface area (Å²) in [4.78, 5) is 12.0. The molecule has 1 aromatic rings. The Morgan fingerprint density at radius 2 is 2.06 bits per heavy atom. The summed E-state index contributed by atoms with van der Waals surface area (Å²) in [5, 5.41) is 2.97. The van der Waals surface area contributed by atoms with Crippen molar-refractivity contribution < 1.29 is 4.79 Å². The van der Waals surface area contributed by atoms with E-state index in [1.807, 2.05) is 45.9 Å². The molecule has 18 heavy (non-hydrogen) atoms. The van der Waals surface area contributed by atoms with Crippen molar-refractivity contribution in [3.05, 3.63) is 35.4 Å². The van der Waals surface area contributed by atoms with Crippen LogP contribution in [0, 0.1) is 12.8 Å². The highest BCUT2D eigenvalue weighted by Gasteiger charge is 2.21. The summed E-state index contributed by atoms with van der Waals surface area (Å²) in [6.07, 6.45) is 0.910. The number of carbonyl (C=O) groups is 1. The van der Waals surface area contributed by atoms with Crippen LogP contribution in [0.5, 0.6) is 0 Å². The summed E-state index contributed by atoms with van der Waals surface area (Å²) in [7, 11) is 0. The fraction of sp³-hybridized carbons (Fsp3) is 0.533. The van der Waals surface area contributed by atoms with Crippen molar-refractivity contribution >= 4 is 5.91 Å². The maximum absolute atomic E-state index is 12.0. The van der Waals surface area contributed by atoms with E-state index in [1.54, 1.807) is 0 Å². The Bertz CT molecular complexity index is 403. The molecule has 0 aromatic heterocycles. The quantitative estimate of drug-likeness (QED) is 0.841. The molecule has 1 aromatic carbocycles. The van der Waals surface area contributed by atoms with Crippen molar-refractivity contribution in [2.45, 2.75) is 46.2 Å². The molecule has 0 bridgehead atoms. The third-order valence-corrected chi connectivity index (χ3v) is 3.46. The summed E-state index contributed by atoms with van der Waals surface area (Å²) in [5.74, 6) is 0.132. The van der Waals surface area contributed by atoms with E-state index in [2.05, 4.69) is 11.4 Å². The first kappa shape index (κ1) is 14.7. The lowest BCUT2D eigenvalue weighted by Crippen LogP contribution is -2.45. The van der Waals surface area contributed by atoms with Crippen LogP contribution in [0.4, 0.5) is 0 Å². The van der Waals surface area contributed by atoms with E-state index in [-0.39, 0.29) is 17.9 Å². The summed E-state index contributed by atoms with van der Waals surface area (Å²) < 4.78 is 0. The molecule has 0 fully saturated rings. The lowest BCUT2D eigenvalue weighted by atomic mass is 9.98. The zero-order valence-corrected chi connectivity index (χ0v) is 11.7. The molecule has 0 saturated heterocycles. The highest BCUT2D eigenvalue weighted by Crippen LogP contribution is 2.14. The van der Waals surface area contributed by atoms with Gasteiger partial charge in [0, 0.05) is 0 Å². The minimum absolute atomic E-state index is 0.00694. The minimum Gasteiger partial charge on any atom is -0.348 e. The molecular formula is C15H24N2O. The van der Waals surface area contributed by atoms with E-state index < -0.39 is 6.04 Å². The second-order valence-corrected chi connectivity index (χ2v) is 5.06. The average molecular weight is 248 g/mol. The van der Waals surface area contributed by atoms with Gasteiger partial charge >= 0.3 is 0 Å². The van der Waals surface area contributed by atoms with E-state index in [0.29, 0.717) is 0 Å². The number of nitrogens with two attached hydrogens (primary N) is 1. The number of amides is 1. The Hall–Kier alpha value is -1.35. The van der Waals surface area contributed by atoms with Gasteiger partial charge in [-0.15, -0.1) is 0 Å². The van der Waals surface area contributed by atoms with Gasteiger partial charge in [-0.3, -0.25) is 4.79 Å². The second-order valence-electron chi connectivity index (χ2n) is 5.06. The predicted molar refractivity (Wildman–Crippen MR) is 75.2 cm³/mol. The van der Waals surface area contributed by atoms with Crippen molar-refractivity contribution in [3.63, 3.8) is 0 Å². The maximum atomic E-state index is 12.0. The largest absolute Gasteiger partial charge is 0.348 e. The average Bonchev–Trinajstić information content (AvgIpc) is 2.36. The van der Waals surface area contributed by atoms with Gasteiger partial charge in [-0.25, -0.2) is 0 Å². The van der Waals surface area contributed by atoms with Gasteiger partial charge in [0.2, 0.25) is 5.91 Å². The highest BCUT2D eigenvalue weighted by molar-refractivity contribution is 5.82. The van der Waals surface area contributed by atoms with E-state index in [4.69, 9.17) is 5.73 Å². The molecule has 3 N–H and O–H groups in total. The highest BCUT2D eigenvalue weighted by atomic mass is 16.2. The van der Waals surface area contributed by atoms with Crippen LogP contribution < -0.4 is 11.1 Å². The Morgan fingerprint density at radius 1 is 1.39 bits per heavy atom. The Kier molecular flexibility index (Phi) is 5.35. The third kappa shape index (κ3) is 3.84. The van der Waals surface area contributed by atoms with Crippen LogP contribution in [0.1, 0.15) is 44.4 Å². The molecule has 0 aliphatic heterocycles. The fourth-order valence-electron chi connectivity index (χ4n) is 1.84. The number of benzene rings is 1. The Morgan fingerprint density at radius 3 is 2.61 bits per heavy atom. The molecular weight excluding hydrogens is 224 g/mol. The topological polar surface area (TPSA) is 55.1 Å². The van der Waals surface area contributed by atoms with Crippen molar-refractivity contribution in [3.8, 4) is 0 Å². The Labute approximate surface area is 110 Å². The molecule has 0 spiro atoms. The molecule has 3 atom stereocenters. The standard InChI is InChI=1S/C15H24N2O/c1-5-11(3)14(16)15(18)17-12(4)13-8-6-7-10(2)9-13/h6-9,11-12,14H,5,16H2,1-4H3,(H,17,18)/t11-,12+,14-/m0/s1. The summed E-state index contributed by atoms with van der Waals surface area (Å²) in [5.41, 5.74) is 8.22. The first-order valence-corrected chi connectivity index (χ1v) is 6.58. The van der Waals surface area contributed by atoms with Gasteiger partial charge in [0.05, 0.1) is 12.1 Å². The molecule has 3 nitrogen and oxygen atoms in total. The Balaban J connectivity index is 2.65. The number of hydrogen-bond acceptors (Lipinski definition) is 2. The second kappa shape index (κ2) is 6.55. The molecule has 0 aliphatic carbocycles.